The topological polar surface area (TPSA) is 46.6 Å². The van der Waals surface area contributed by atoms with Gasteiger partial charge in [0.2, 0.25) is 10.0 Å². The van der Waals surface area contributed by atoms with Gasteiger partial charge in [-0.3, -0.25) is 4.31 Å². The van der Waals surface area contributed by atoms with Crippen LogP contribution in [0.15, 0.2) is 55.0 Å². The van der Waals surface area contributed by atoms with Crippen molar-refractivity contribution in [2.24, 2.45) is 0 Å². The van der Waals surface area contributed by atoms with Crippen LogP contribution in [0.3, 0.4) is 0 Å². The first kappa shape index (κ1) is 18.0. The van der Waals surface area contributed by atoms with Gasteiger partial charge in [0.15, 0.2) is 0 Å². The molecule has 0 saturated heterocycles. The van der Waals surface area contributed by atoms with Gasteiger partial charge >= 0.3 is 0 Å². The Morgan fingerprint density at radius 2 is 1.86 bits per heavy atom. The number of ether oxygens (including phenoxy) is 1. The van der Waals surface area contributed by atoms with Crippen molar-refractivity contribution in [2.75, 3.05) is 13.3 Å². The molecule has 0 atom stereocenters. The summed E-state index contributed by atoms with van der Waals surface area (Å²) in [4.78, 5) is 0. The maximum Gasteiger partial charge on any atom is 0.231 e. The van der Waals surface area contributed by atoms with E-state index in [1.54, 1.807) is 12.1 Å². The Morgan fingerprint density at radius 3 is 2.32 bits per heavy atom. The lowest BCUT2D eigenvalue weighted by molar-refractivity contribution is 0.367. The van der Waals surface area contributed by atoms with Crippen LogP contribution in [0.4, 0.5) is 4.39 Å². The SMILES string of the molecule is C=C(O/C(=C/C(=C)N(C)S(C)(=O)=O)CC)c1ccc(F)cc1. The summed E-state index contributed by atoms with van der Waals surface area (Å²) in [7, 11) is -1.96. The Bertz CT molecular complexity index is 691. The maximum atomic E-state index is 12.9. The van der Waals surface area contributed by atoms with Crippen LogP contribution in [0.25, 0.3) is 5.76 Å². The largest absolute Gasteiger partial charge is 0.462 e. The van der Waals surface area contributed by atoms with Gasteiger partial charge in [-0.1, -0.05) is 20.1 Å². The van der Waals surface area contributed by atoms with Crippen molar-refractivity contribution >= 4 is 15.8 Å². The molecule has 0 bridgehead atoms. The van der Waals surface area contributed by atoms with E-state index in [1.165, 1.54) is 25.3 Å². The van der Waals surface area contributed by atoms with Gasteiger partial charge in [0, 0.05) is 30.8 Å². The fourth-order valence-electron chi connectivity index (χ4n) is 1.55. The summed E-state index contributed by atoms with van der Waals surface area (Å²) in [5.74, 6) is 0.517. The van der Waals surface area contributed by atoms with Crippen LogP contribution in [-0.4, -0.2) is 26.0 Å². The first-order valence-corrected chi connectivity index (χ1v) is 8.46. The van der Waals surface area contributed by atoms with Gasteiger partial charge in [0.25, 0.3) is 0 Å². The van der Waals surface area contributed by atoms with Crippen LogP contribution < -0.4 is 0 Å². The van der Waals surface area contributed by atoms with Crippen molar-refractivity contribution in [2.45, 2.75) is 13.3 Å². The van der Waals surface area contributed by atoms with E-state index in [2.05, 4.69) is 13.2 Å². The van der Waals surface area contributed by atoms with Crippen LogP contribution >= 0.6 is 0 Å². The molecule has 0 aliphatic carbocycles. The number of nitrogens with zero attached hydrogens (tertiary/aromatic N) is 1. The third-order valence-corrected chi connectivity index (χ3v) is 4.23. The molecule has 1 aromatic carbocycles. The van der Waals surface area contributed by atoms with Gasteiger partial charge in [-0.15, -0.1) is 0 Å². The highest BCUT2D eigenvalue weighted by molar-refractivity contribution is 7.88. The van der Waals surface area contributed by atoms with E-state index in [9.17, 15) is 12.8 Å². The lowest BCUT2D eigenvalue weighted by atomic mass is 10.2. The highest BCUT2D eigenvalue weighted by Gasteiger charge is 2.12. The molecule has 120 valence electrons. The summed E-state index contributed by atoms with van der Waals surface area (Å²) in [5.41, 5.74) is 0.925. The first-order chi connectivity index (χ1) is 10.1. The molecule has 0 N–H and O–H groups in total. The summed E-state index contributed by atoms with van der Waals surface area (Å²) in [6.45, 7) is 9.37. The van der Waals surface area contributed by atoms with Crippen molar-refractivity contribution in [3.05, 3.63) is 66.3 Å². The molecular formula is C16H20FNO3S. The molecule has 1 aromatic rings. The summed E-state index contributed by atoms with van der Waals surface area (Å²) >= 11 is 0. The van der Waals surface area contributed by atoms with E-state index in [4.69, 9.17) is 4.74 Å². The zero-order valence-corrected chi connectivity index (χ0v) is 13.8. The number of allylic oxidation sites excluding steroid dienone is 2. The average molecular weight is 325 g/mol. The molecular weight excluding hydrogens is 305 g/mol. The second kappa shape index (κ2) is 7.26. The number of benzene rings is 1. The molecule has 0 amide bonds. The Hall–Kier alpha value is -2.08. The molecule has 0 aromatic heterocycles. The fraction of sp³-hybridized carbons (Fsp3) is 0.250. The molecule has 4 nitrogen and oxygen atoms in total. The molecule has 0 fully saturated rings. The Labute approximate surface area is 131 Å². The lowest BCUT2D eigenvalue weighted by Crippen LogP contribution is -2.23. The molecule has 0 unspecified atom stereocenters. The number of hydrogen-bond acceptors (Lipinski definition) is 3. The molecule has 0 aliphatic heterocycles. The molecule has 1 rings (SSSR count). The van der Waals surface area contributed by atoms with Crippen molar-refractivity contribution in [1.82, 2.24) is 4.31 Å². The predicted molar refractivity (Wildman–Crippen MR) is 86.6 cm³/mol. The van der Waals surface area contributed by atoms with E-state index < -0.39 is 10.0 Å². The van der Waals surface area contributed by atoms with Gasteiger partial charge in [0.1, 0.15) is 17.3 Å². The highest BCUT2D eigenvalue weighted by atomic mass is 32.2. The third kappa shape index (κ3) is 5.04. The average Bonchev–Trinajstić information content (AvgIpc) is 2.45. The molecule has 0 saturated carbocycles. The van der Waals surface area contributed by atoms with E-state index in [1.807, 2.05) is 6.92 Å². The maximum absolute atomic E-state index is 12.9. The van der Waals surface area contributed by atoms with Crippen molar-refractivity contribution in [3.63, 3.8) is 0 Å². The minimum Gasteiger partial charge on any atom is -0.462 e. The summed E-state index contributed by atoms with van der Waals surface area (Å²) in [6, 6.07) is 5.75. The second-order valence-corrected chi connectivity index (χ2v) is 6.73. The minimum absolute atomic E-state index is 0.284. The summed E-state index contributed by atoms with van der Waals surface area (Å²) in [6.07, 6.45) is 3.16. The zero-order chi connectivity index (χ0) is 16.9. The fourth-order valence-corrected chi connectivity index (χ4v) is 2.03. The zero-order valence-electron chi connectivity index (χ0n) is 13.0. The van der Waals surface area contributed by atoms with Gasteiger partial charge in [-0.05, 0) is 24.3 Å². The standard InChI is InChI=1S/C16H20FNO3S/c1-6-16(11-12(2)18(4)22(5,19)20)21-13(3)14-7-9-15(17)10-8-14/h7-11H,2-3,6H2,1,4-5H3/b16-11+. The Kier molecular flexibility index (Phi) is 5.93. The van der Waals surface area contributed by atoms with E-state index in [0.29, 0.717) is 23.5 Å². The molecule has 22 heavy (non-hydrogen) atoms. The van der Waals surface area contributed by atoms with Crippen molar-refractivity contribution in [1.29, 1.82) is 0 Å². The van der Waals surface area contributed by atoms with E-state index in [0.717, 1.165) is 10.6 Å². The number of likely N-dealkylation sites (N-methyl/N-ethyl adjacent to an activating group) is 1. The number of sulfonamides is 1. The number of halogens is 1. The Morgan fingerprint density at radius 1 is 1.32 bits per heavy atom. The van der Waals surface area contributed by atoms with Crippen LogP contribution in [0.5, 0.6) is 0 Å². The van der Waals surface area contributed by atoms with Crippen LogP contribution in [0, 0.1) is 5.82 Å². The Balaban J connectivity index is 2.88. The normalized spacial score (nSPS) is 11.9. The van der Waals surface area contributed by atoms with Crippen LogP contribution in [-0.2, 0) is 14.8 Å². The molecule has 0 heterocycles. The van der Waals surface area contributed by atoms with Gasteiger partial charge in [0.05, 0.1) is 6.26 Å². The van der Waals surface area contributed by atoms with Gasteiger partial charge < -0.3 is 4.74 Å². The van der Waals surface area contributed by atoms with E-state index in [-0.39, 0.29) is 11.5 Å². The molecule has 6 heteroatoms. The molecule has 0 radical (unpaired) electrons. The number of hydrogen-bond donors (Lipinski definition) is 0. The van der Waals surface area contributed by atoms with Gasteiger partial charge in [-0.25, -0.2) is 12.8 Å². The monoisotopic (exact) mass is 325 g/mol. The second-order valence-electron chi connectivity index (χ2n) is 4.72. The lowest BCUT2D eigenvalue weighted by Gasteiger charge is -2.18. The summed E-state index contributed by atoms with van der Waals surface area (Å²) in [5, 5.41) is 0. The smallest absolute Gasteiger partial charge is 0.231 e. The quantitative estimate of drug-likeness (QED) is 0.569. The van der Waals surface area contributed by atoms with Crippen LogP contribution in [0.1, 0.15) is 18.9 Å². The summed E-state index contributed by atoms with van der Waals surface area (Å²) < 4.78 is 42.5. The molecule has 0 spiro atoms. The van der Waals surface area contributed by atoms with Gasteiger partial charge in [-0.2, -0.15) is 0 Å². The van der Waals surface area contributed by atoms with Crippen molar-refractivity contribution < 1.29 is 17.5 Å². The predicted octanol–water partition coefficient (Wildman–Crippen LogP) is 3.51. The van der Waals surface area contributed by atoms with Crippen LogP contribution in [0.2, 0.25) is 0 Å². The minimum atomic E-state index is -3.37. The van der Waals surface area contributed by atoms with E-state index >= 15 is 0 Å². The van der Waals surface area contributed by atoms with Crippen molar-refractivity contribution in [3.8, 4) is 0 Å². The molecule has 0 aliphatic rings. The third-order valence-electron chi connectivity index (χ3n) is 3.00. The number of rotatable bonds is 7. The highest BCUT2D eigenvalue weighted by Crippen LogP contribution is 2.21. The first-order valence-electron chi connectivity index (χ1n) is 6.61.